The Balaban J connectivity index is 2.23. The molecule has 21 heavy (non-hydrogen) atoms. The monoisotopic (exact) mass is 302 g/mol. The van der Waals surface area contributed by atoms with E-state index in [2.05, 4.69) is 0 Å². The van der Waals surface area contributed by atoms with E-state index in [1.807, 2.05) is 0 Å². The van der Waals surface area contributed by atoms with Crippen molar-refractivity contribution < 1.29 is 26.7 Å². The first-order valence-electron chi connectivity index (χ1n) is 6.03. The van der Waals surface area contributed by atoms with E-state index in [1.165, 1.54) is 12.1 Å². The van der Waals surface area contributed by atoms with Crippen molar-refractivity contribution in [3.63, 3.8) is 0 Å². The molecule has 2 rings (SSSR count). The van der Waals surface area contributed by atoms with Crippen LogP contribution in [0.15, 0.2) is 54.6 Å². The Morgan fingerprint density at radius 3 is 1.95 bits per heavy atom. The molecule has 2 aromatic rings. The SMILES string of the molecule is FC(F)(F)C(F)(F)COc1ccccc1-c1ccccc1. The number of ether oxygens (including phenoxy) is 1. The second kappa shape index (κ2) is 5.71. The minimum Gasteiger partial charge on any atom is -0.486 e. The van der Waals surface area contributed by atoms with Gasteiger partial charge in [-0.15, -0.1) is 0 Å². The number of benzene rings is 2. The Morgan fingerprint density at radius 2 is 1.33 bits per heavy atom. The van der Waals surface area contributed by atoms with E-state index in [1.54, 1.807) is 42.5 Å². The lowest BCUT2D eigenvalue weighted by Crippen LogP contribution is -2.41. The van der Waals surface area contributed by atoms with Gasteiger partial charge < -0.3 is 4.74 Å². The molecule has 0 aromatic heterocycles. The first-order chi connectivity index (χ1) is 9.81. The molecule has 0 unspecified atom stereocenters. The molecule has 0 radical (unpaired) electrons. The molecular weight excluding hydrogens is 291 g/mol. The smallest absolute Gasteiger partial charge is 0.456 e. The molecule has 0 fully saturated rings. The normalized spacial score (nSPS) is 12.2. The molecule has 112 valence electrons. The number of hydrogen-bond donors (Lipinski definition) is 0. The van der Waals surface area contributed by atoms with Gasteiger partial charge in [-0.3, -0.25) is 0 Å². The average Bonchev–Trinajstić information content (AvgIpc) is 2.45. The van der Waals surface area contributed by atoms with Crippen molar-refractivity contribution in [3.8, 4) is 16.9 Å². The predicted octanol–water partition coefficient (Wildman–Crippen LogP) is 4.93. The van der Waals surface area contributed by atoms with Crippen molar-refractivity contribution >= 4 is 0 Å². The molecule has 0 saturated heterocycles. The van der Waals surface area contributed by atoms with Crippen LogP contribution in [0.25, 0.3) is 11.1 Å². The summed E-state index contributed by atoms with van der Waals surface area (Å²) in [4.78, 5) is 0. The lowest BCUT2D eigenvalue weighted by atomic mass is 10.1. The van der Waals surface area contributed by atoms with Gasteiger partial charge in [0.2, 0.25) is 0 Å². The van der Waals surface area contributed by atoms with Crippen LogP contribution in [0.2, 0.25) is 0 Å². The standard InChI is InChI=1S/C15H11F5O/c16-14(17,15(18,19)20)10-21-13-9-5-4-8-12(13)11-6-2-1-3-7-11/h1-9H,10H2. The summed E-state index contributed by atoms with van der Waals surface area (Å²) in [5, 5.41) is 0. The van der Waals surface area contributed by atoms with Crippen molar-refractivity contribution in [3.05, 3.63) is 54.6 Å². The molecule has 0 bridgehead atoms. The van der Waals surface area contributed by atoms with Gasteiger partial charge in [-0.1, -0.05) is 48.5 Å². The molecule has 0 amide bonds. The number of para-hydroxylation sites is 1. The second-order valence-electron chi connectivity index (χ2n) is 4.35. The van der Waals surface area contributed by atoms with Gasteiger partial charge >= 0.3 is 12.1 Å². The molecular formula is C15H11F5O. The van der Waals surface area contributed by atoms with Gasteiger partial charge in [0.1, 0.15) is 5.75 Å². The predicted molar refractivity (Wildman–Crippen MR) is 68.4 cm³/mol. The van der Waals surface area contributed by atoms with Gasteiger partial charge in [-0.05, 0) is 11.6 Å². The molecule has 0 saturated carbocycles. The highest BCUT2D eigenvalue weighted by atomic mass is 19.4. The Hall–Kier alpha value is -2.11. The third-order valence-electron chi connectivity index (χ3n) is 2.80. The molecule has 0 aliphatic carbocycles. The minimum absolute atomic E-state index is 0.0207. The summed E-state index contributed by atoms with van der Waals surface area (Å²) < 4.78 is 66.9. The van der Waals surface area contributed by atoms with Gasteiger partial charge in [0.05, 0.1) is 0 Å². The molecule has 0 aliphatic rings. The molecule has 0 spiro atoms. The zero-order chi connectivity index (χ0) is 15.5. The summed E-state index contributed by atoms with van der Waals surface area (Å²) in [5.41, 5.74) is 1.12. The zero-order valence-electron chi connectivity index (χ0n) is 10.7. The zero-order valence-corrected chi connectivity index (χ0v) is 10.7. The Labute approximate surface area is 118 Å². The highest BCUT2D eigenvalue weighted by Gasteiger charge is 2.58. The number of rotatable bonds is 4. The van der Waals surface area contributed by atoms with Gasteiger partial charge in [0.25, 0.3) is 0 Å². The van der Waals surface area contributed by atoms with Crippen molar-refractivity contribution in [1.29, 1.82) is 0 Å². The topological polar surface area (TPSA) is 9.23 Å². The summed E-state index contributed by atoms with van der Waals surface area (Å²) in [6.07, 6.45) is -5.63. The Kier molecular flexibility index (Phi) is 4.16. The Bertz CT molecular complexity index is 593. The van der Waals surface area contributed by atoms with E-state index in [0.717, 1.165) is 0 Å². The quantitative estimate of drug-likeness (QED) is 0.728. The maximum Gasteiger partial charge on any atom is 0.456 e. The van der Waals surface area contributed by atoms with Crippen LogP contribution in [-0.2, 0) is 0 Å². The van der Waals surface area contributed by atoms with Crippen molar-refractivity contribution in [2.45, 2.75) is 12.1 Å². The molecule has 0 atom stereocenters. The van der Waals surface area contributed by atoms with E-state index >= 15 is 0 Å². The summed E-state index contributed by atoms with van der Waals surface area (Å²) in [5.74, 6) is -4.91. The molecule has 0 aliphatic heterocycles. The molecule has 2 aromatic carbocycles. The van der Waals surface area contributed by atoms with Crippen LogP contribution < -0.4 is 4.74 Å². The number of halogens is 5. The first-order valence-corrected chi connectivity index (χ1v) is 6.03. The van der Waals surface area contributed by atoms with Crippen LogP contribution in [-0.4, -0.2) is 18.7 Å². The highest BCUT2D eigenvalue weighted by molar-refractivity contribution is 5.70. The molecule has 0 heterocycles. The van der Waals surface area contributed by atoms with E-state index in [0.29, 0.717) is 11.1 Å². The van der Waals surface area contributed by atoms with Crippen LogP contribution in [0.4, 0.5) is 22.0 Å². The van der Waals surface area contributed by atoms with Crippen LogP contribution in [0.5, 0.6) is 5.75 Å². The molecule has 6 heteroatoms. The largest absolute Gasteiger partial charge is 0.486 e. The number of hydrogen-bond acceptors (Lipinski definition) is 1. The summed E-state index contributed by atoms with van der Waals surface area (Å²) in [6, 6.07) is 14.8. The number of alkyl halides is 5. The lowest BCUT2D eigenvalue weighted by molar-refractivity contribution is -0.289. The third kappa shape index (κ3) is 3.51. The van der Waals surface area contributed by atoms with Crippen LogP contribution in [0, 0.1) is 0 Å². The lowest BCUT2D eigenvalue weighted by Gasteiger charge is -2.20. The molecule has 0 N–H and O–H groups in total. The van der Waals surface area contributed by atoms with E-state index in [-0.39, 0.29) is 5.75 Å². The van der Waals surface area contributed by atoms with Crippen molar-refractivity contribution in [2.75, 3.05) is 6.61 Å². The fourth-order valence-corrected chi connectivity index (χ4v) is 1.70. The maximum atomic E-state index is 12.9. The van der Waals surface area contributed by atoms with Gasteiger partial charge in [0.15, 0.2) is 6.61 Å². The summed E-state index contributed by atoms with van der Waals surface area (Å²) >= 11 is 0. The van der Waals surface area contributed by atoms with Crippen LogP contribution in [0.3, 0.4) is 0 Å². The first kappa shape index (κ1) is 15.3. The average molecular weight is 302 g/mol. The van der Waals surface area contributed by atoms with Gasteiger partial charge in [0, 0.05) is 5.56 Å². The molecule has 1 nitrogen and oxygen atoms in total. The van der Waals surface area contributed by atoms with Crippen LogP contribution in [0.1, 0.15) is 0 Å². The van der Waals surface area contributed by atoms with Crippen molar-refractivity contribution in [2.24, 2.45) is 0 Å². The van der Waals surface area contributed by atoms with E-state index in [4.69, 9.17) is 4.74 Å². The minimum atomic E-state index is -5.63. The van der Waals surface area contributed by atoms with Gasteiger partial charge in [-0.25, -0.2) is 0 Å². The van der Waals surface area contributed by atoms with Crippen LogP contribution >= 0.6 is 0 Å². The van der Waals surface area contributed by atoms with Crippen molar-refractivity contribution in [1.82, 2.24) is 0 Å². The maximum absolute atomic E-state index is 12.9. The van der Waals surface area contributed by atoms with Gasteiger partial charge in [-0.2, -0.15) is 22.0 Å². The van der Waals surface area contributed by atoms with E-state index < -0.39 is 18.7 Å². The van der Waals surface area contributed by atoms with E-state index in [9.17, 15) is 22.0 Å². The third-order valence-corrected chi connectivity index (χ3v) is 2.80. The fourth-order valence-electron chi connectivity index (χ4n) is 1.70. The summed E-state index contributed by atoms with van der Waals surface area (Å²) in [6.45, 7) is -1.75. The summed E-state index contributed by atoms with van der Waals surface area (Å²) in [7, 11) is 0. The Morgan fingerprint density at radius 1 is 0.762 bits per heavy atom. The highest BCUT2D eigenvalue weighted by Crippen LogP contribution is 2.37. The fraction of sp³-hybridized carbons (Fsp3) is 0.200. The second-order valence-corrected chi connectivity index (χ2v) is 4.35.